The van der Waals surface area contributed by atoms with E-state index in [0.717, 1.165) is 58.0 Å². The van der Waals surface area contributed by atoms with Gasteiger partial charge in [-0.1, -0.05) is 12.1 Å². The lowest BCUT2D eigenvalue weighted by Gasteiger charge is -2.62. The molecular formula is C22H28N2O3. The van der Waals surface area contributed by atoms with Gasteiger partial charge in [0.25, 0.3) is 5.69 Å². The van der Waals surface area contributed by atoms with Crippen molar-refractivity contribution in [1.82, 2.24) is 4.90 Å². The summed E-state index contributed by atoms with van der Waals surface area (Å²) in [6, 6.07) is 7.22. The summed E-state index contributed by atoms with van der Waals surface area (Å²) >= 11 is 0. The molecule has 27 heavy (non-hydrogen) atoms. The monoisotopic (exact) mass is 368 g/mol. The minimum Gasteiger partial charge on any atom is -0.342 e. The molecule has 144 valence electrons. The van der Waals surface area contributed by atoms with Gasteiger partial charge in [-0.3, -0.25) is 14.9 Å². The Morgan fingerprint density at radius 3 is 2.22 bits per heavy atom. The van der Waals surface area contributed by atoms with Crippen LogP contribution in [0.2, 0.25) is 0 Å². The molecule has 0 spiro atoms. The lowest BCUT2D eigenvalue weighted by molar-refractivity contribution is -0.384. The molecule has 1 heterocycles. The van der Waals surface area contributed by atoms with Crippen molar-refractivity contribution in [2.45, 2.75) is 63.2 Å². The van der Waals surface area contributed by atoms with Crippen molar-refractivity contribution in [3.8, 4) is 0 Å². The Balaban J connectivity index is 1.48. The molecule has 1 saturated heterocycles. The highest BCUT2D eigenvalue weighted by Gasteiger charge is 2.61. The molecule has 1 amide bonds. The van der Waals surface area contributed by atoms with Gasteiger partial charge >= 0.3 is 0 Å². The highest BCUT2D eigenvalue weighted by atomic mass is 16.6. The molecule has 1 aromatic rings. The van der Waals surface area contributed by atoms with E-state index in [1.54, 1.807) is 12.1 Å². The number of likely N-dealkylation sites (tertiary alicyclic amines) is 1. The van der Waals surface area contributed by atoms with Gasteiger partial charge in [-0.15, -0.1) is 0 Å². The first kappa shape index (κ1) is 17.2. The van der Waals surface area contributed by atoms with E-state index < -0.39 is 0 Å². The Morgan fingerprint density at radius 2 is 1.63 bits per heavy atom. The quantitative estimate of drug-likeness (QED) is 0.585. The topological polar surface area (TPSA) is 63.5 Å². The lowest BCUT2D eigenvalue weighted by atomic mass is 9.42. The summed E-state index contributed by atoms with van der Waals surface area (Å²) in [5, 5.41) is 11.0. The van der Waals surface area contributed by atoms with Crippen molar-refractivity contribution in [3.63, 3.8) is 0 Å². The maximum absolute atomic E-state index is 13.6. The number of non-ortho nitro benzene ring substituents is 1. The molecule has 5 fully saturated rings. The molecule has 1 aromatic carbocycles. The summed E-state index contributed by atoms with van der Waals surface area (Å²) in [7, 11) is 0. The Labute approximate surface area is 160 Å². The third-order valence-electron chi connectivity index (χ3n) is 7.85. The molecule has 5 aliphatic rings. The standard InChI is InChI=1S/C22H28N2O3/c25-20(23-8-2-1-3-9-23)22-13-16-10-17(14-22)12-21(11-16,15-22)18-4-6-19(7-5-18)24(26)27/h4-7,16-17H,1-3,8-15H2. The van der Waals surface area contributed by atoms with E-state index in [1.165, 1.54) is 18.4 Å². The molecule has 2 unspecified atom stereocenters. The van der Waals surface area contributed by atoms with Crippen LogP contribution < -0.4 is 0 Å². The average Bonchev–Trinajstić information content (AvgIpc) is 2.67. The Bertz CT molecular complexity index is 752. The number of benzene rings is 1. The first-order valence-electron chi connectivity index (χ1n) is 10.5. The zero-order valence-electron chi connectivity index (χ0n) is 15.9. The van der Waals surface area contributed by atoms with Gasteiger partial charge in [0.1, 0.15) is 0 Å². The van der Waals surface area contributed by atoms with Gasteiger partial charge in [-0.2, -0.15) is 0 Å². The molecule has 4 saturated carbocycles. The number of amides is 1. The van der Waals surface area contributed by atoms with Crippen molar-refractivity contribution in [3.05, 3.63) is 39.9 Å². The summed E-state index contributed by atoms with van der Waals surface area (Å²) in [4.78, 5) is 26.5. The molecule has 0 aromatic heterocycles. The highest BCUT2D eigenvalue weighted by molar-refractivity contribution is 5.83. The summed E-state index contributed by atoms with van der Waals surface area (Å²) in [6.45, 7) is 1.86. The smallest absolute Gasteiger partial charge is 0.269 e. The average molecular weight is 368 g/mol. The van der Waals surface area contributed by atoms with Crippen molar-refractivity contribution >= 4 is 11.6 Å². The van der Waals surface area contributed by atoms with Gasteiger partial charge in [0.15, 0.2) is 0 Å². The number of piperidine rings is 1. The van der Waals surface area contributed by atoms with Crippen LogP contribution >= 0.6 is 0 Å². The van der Waals surface area contributed by atoms with E-state index in [2.05, 4.69) is 4.90 Å². The summed E-state index contributed by atoms with van der Waals surface area (Å²) in [5.74, 6) is 1.69. The van der Waals surface area contributed by atoms with Crippen LogP contribution in [0.25, 0.3) is 0 Å². The molecule has 0 radical (unpaired) electrons. The van der Waals surface area contributed by atoms with E-state index in [-0.39, 0.29) is 21.4 Å². The molecule has 2 atom stereocenters. The predicted octanol–water partition coefficient (Wildman–Crippen LogP) is 4.45. The fourth-order valence-corrected chi connectivity index (χ4v) is 7.22. The fraction of sp³-hybridized carbons (Fsp3) is 0.682. The zero-order chi connectivity index (χ0) is 18.6. The number of hydrogen-bond donors (Lipinski definition) is 0. The van der Waals surface area contributed by atoms with E-state index in [9.17, 15) is 14.9 Å². The molecular weight excluding hydrogens is 340 g/mol. The van der Waals surface area contributed by atoms with Crippen LogP contribution in [-0.2, 0) is 10.2 Å². The van der Waals surface area contributed by atoms with Crippen LogP contribution in [-0.4, -0.2) is 28.8 Å². The van der Waals surface area contributed by atoms with Gasteiger partial charge in [0, 0.05) is 25.2 Å². The van der Waals surface area contributed by atoms with Gasteiger partial charge in [0.2, 0.25) is 5.91 Å². The zero-order valence-corrected chi connectivity index (χ0v) is 15.9. The maximum Gasteiger partial charge on any atom is 0.269 e. The van der Waals surface area contributed by atoms with Crippen LogP contribution in [0.3, 0.4) is 0 Å². The van der Waals surface area contributed by atoms with Crippen LogP contribution in [0.15, 0.2) is 24.3 Å². The number of rotatable bonds is 3. The Kier molecular flexibility index (Phi) is 3.85. The van der Waals surface area contributed by atoms with E-state index in [0.29, 0.717) is 17.7 Å². The summed E-state index contributed by atoms with van der Waals surface area (Å²) in [5.41, 5.74) is 1.24. The summed E-state index contributed by atoms with van der Waals surface area (Å²) < 4.78 is 0. The van der Waals surface area contributed by atoms with E-state index in [1.807, 2.05) is 12.1 Å². The number of hydrogen-bond acceptors (Lipinski definition) is 3. The third kappa shape index (κ3) is 2.69. The molecule has 0 N–H and O–H groups in total. The Hall–Kier alpha value is -1.91. The minimum atomic E-state index is -0.329. The van der Waals surface area contributed by atoms with Crippen molar-refractivity contribution in [1.29, 1.82) is 0 Å². The van der Waals surface area contributed by atoms with Gasteiger partial charge < -0.3 is 4.90 Å². The van der Waals surface area contributed by atoms with Gasteiger partial charge in [-0.25, -0.2) is 0 Å². The molecule has 4 aliphatic carbocycles. The molecule has 5 heteroatoms. The second kappa shape index (κ2) is 6.05. The first-order chi connectivity index (χ1) is 13.0. The number of carbonyl (C=O) groups excluding carboxylic acids is 1. The maximum atomic E-state index is 13.6. The summed E-state index contributed by atoms with van der Waals surface area (Å²) in [6.07, 6.45) is 10.2. The largest absolute Gasteiger partial charge is 0.342 e. The normalized spacial score (nSPS) is 37.4. The van der Waals surface area contributed by atoms with Crippen molar-refractivity contribution in [2.75, 3.05) is 13.1 Å². The molecule has 4 bridgehead atoms. The highest BCUT2D eigenvalue weighted by Crippen LogP contribution is 2.66. The predicted molar refractivity (Wildman–Crippen MR) is 102 cm³/mol. The van der Waals surface area contributed by atoms with Crippen LogP contribution in [0.1, 0.15) is 63.4 Å². The first-order valence-corrected chi connectivity index (χ1v) is 10.5. The van der Waals surface area contributed by atoms with Crippen LogP contribution in [0, 0.1) is 27.4 Å². The third-order valence-corrected chi connectivity index (χ3v) is 7.85. The number of carbonyl (C=O) groups is 1. The van der Waals surface area contributed by atoms with E-state index in [4.69, 9.17) is 0 Å². The molecule has 5 nitrogen and oxygen atoms in total. The fourth-order valence-electron chi connectivity index (χ4n) is 7.22. The molecule has 1 aliphatic heterocycles. The van der Waals surface area contributed by atoms with Crippen molar-refractivity contribution < 1.29 is 9.72 Å². The minimum absolute atomic E-state index is 0.0463. The van der Waals surface area contributed by atoms with Crippen molar-refractivity contribution in [2.24, 2.45) is 17.3 Å². The second-order valence-electron chi connectivity index (χ2n) is 9.68. The number of nitro benzene ring substituents is 1. The van der Waals surface area contributed by atoms with Gasteiger partial charge in [-0.05, 0) is 80.6 Å². The second-order valence-corrected chi connectivity index (χ2v) is 9.68. The van der Waals surface area contributed by atoms with Gasteiger partial charge in [0.05, 0.1) is 10.3 Å². The SMILES string of the molecule is O=C(N1CCCCC1)C12CC3CC(C1)CC(c1ccc([N+](=O)[O-])cc1)(C3)C2. The lowest BCUT2D eigenvalue weighted by Crippen LogP contribution is -2.60. The number of nitro groups is 1. The Morgan fingerprint density at radius 1 is 1.00 bits per heavy atom. The van der Waals surface area contributed by atoms with E-state index >= 15 is 0 Å². The number of nitrogens with zero attached hydrogens (tertiary/aromatic N) is 2. The van der Waals surface area contributed by atoms with Crippen LogP contribution in [0.4, 0.5) is 5.69 Å². The van der Waals surface area contributed by atoms with Crippen LogP contribution in [0.5, 0.6) is 0 Å². The molecule has 6 rings (SSSR count).